The van der Waals surface area contributed by atoms with Gasteiger partial charge in [-0.15, -0.1) is 0 Å². The molecule has 2 aromatic rings. The first-order valence-electron chi connectivity index (χ1n) is 4.42. The van der Waals surface area contributed by atoms with Crippen LogP contribution in [0.2, 0.25) is 0 Å². The fraction of sp³-hybridized carbons (Fsp3) is 0.300. The molecule has 0 atom stereocenters. The molecule has 2 nitrogen and oxygen atoms in total. The zero-order chi connectivity index (χ0) is 8.89. The topological polar surface area (TPSA) is 28.7 Å². The van der Waals surface area contributed by atoms with Crippen molar-refractivity contribution in [2.75, 3.05) is 0 Å². The minimum atomic E-state index is -1.15. The van der Waals surface area contributed by atoms with Crippen LogP contribution in [0.15, 0.2) is 24.3 Å². The van der Waals surface area contributed by atoms with Crippen molar-refractivity contribution in [3.63, 3.8) is 0 Å². The average molecular weight is 176 g/mol. The molecule has 1 heterocycles. The lowest BCUT2D eigenvalue weighted by Gasteiger charge is -1.96. The number of hydrogen-bond acceptors (Lipinski definition) is 1. The Bertz CT molecular complexity index is 424. The lowest BCUT2D eigenvalue weighted by Crippen LogP contribution is -1.99. The number of para-hydroxylation sites is 2. The second-order valence-electron chi connectivity index (χ2n) is 3.57. The maximum absolute atomic E-state index is 13.6. The van der Waals surface area contributed by atoms with Gasteiger partial charge in [-0.25, -0.2) is 9.37 Å². The molecular formula is C10H9FN2. The van der Waals surface area contributed by atoms with Gasteiger partial charge in [-0.3, -0.25) is 0 Å². The van der Waals surface area contributed by atoms with E-state index in [1.54, 1.807) is 0 Å². The first-order chi connectivity index (χ1) is 6.28. The third-order valence-electron chi connectivity index (χ3n) is 2.50. The molecule has 1 aromatic heterocycles. The summed E-state index contributed by atoms with van der Waals surface area (Å²) in [6.07, 6.45) is 1.21. The highest BCUT2D eigenvalue weighted by Crippen LogP contribution is 2.48. The average Bonchev–Trinajstić information content (AvgIpc) is 2.76. The van der Waals surface area contributed by atoms with Crippen molar-refractivity contribution in [3.05, 3.63) is 30.1 Å². The molecule has 13 heavy (non-hydrogen) atoms. The van der Waals surface area contributed by atoms with Gasteiger partial charge in [-0.1, -0.05) is 12.1 Å². The van der Waals surface area contributed by atoms with Gasteiger partial charge in [0, 0.05) is 0 Å². The van der Waals surface area contributed by atoms with Crippen molar-refractivity contribution >= 4 is 11.0 Å². The number of hydrogen-bond donors (Lipinski definition) is 1. The van der Waals surface area contributed by atoms with E-state index < -0.39 is 5.67 Å². The van der Waals surface area contributed by atoms with Gasteiger partial charge in [0.25, 0.3) is 0 Å². The molecule has 0 bridgehead atoms. The van der Waals surface area contributed by atoms with Crippen molar-refractivity contribution in [1.29, 1.82) is 0 Å². The number of benzene rings is 1. The maximum Gasteiger partial charge on any atom is 0.168 e. The van der Waals surface area contributed by atoms with Crippen LogP contribution in [0.3, 0.4) is 0 Å². The number of imidazole rings is 1. The van der Waals surface area contributed by atoms with Crippen LogP contribution in [0.5, 0.6) is 0 Å². The number of rotatable bonds is 1. The highest BCUT2D eigenvalue weighted by molar-refractivity contribution is 5.75. The highest BCUT2D eigenvalue weighted by atomic mass is 19.1. The summed E-state index contributed by atoms with van der Waals surface area (Å²) in [5.41, 5.74) is 0.613. The molecule has 0 amide bonds. The smallest absolute Gasteiger partial charge is 0.168 e. The summed E-state index contributed by atoms with van der Waals surface area (Å²) in [6, 6.07) is 7.63. The summed E-state index contributed by atoms with van der Waals surface area (Å²) in [5.74, 6) is 0.494. The molecule has 0 unspecified atom stereocenters. The molecule has 1 aromatic carbocycles. The molecule has 1 N–H and O–H groups in total. The monoisotopic (exact) mass is 176 g/mol. The first-order valence-corrected chi connectivity index (χ1v) is 4.42. The van der Waals surface area contributed by atoms with E-state index in [1.807, 2.05) is 24.3 Å². The zero-order valence-corrected chi connectivity index (χ0v) is 7.05. The molecule has 1 saturated carbocycles. The van der Waals surface area contributed by atoms with Gasteiger partial charge in [0.15, 0.2) is 5.67 Å². The largest absolute Gasteiger partial charge is 0.339 e. The number of aromatic amines is 1. The van der Waals surface area contributed by atoms with E-state index in [-0.39, 0.29) is 0 Å². The van der Waals surface area contributed by atoms with Crippen LogP contribution in [0, 0.1) is 0 Å². The Balaban J connectivity index is 2.22. The van der Waals surface area contributed by atoms with Gasteiger partial charge >= 0.3 is 0 Å². The second kappa shape index (κ2) is 2.10. The fourth-order valence-corrected chi connectivity index (χ4v) is 1.51. The Hall–Kier alpha value is -1.38. The molecule has 1 aliphatic carbocycles. The van der Waals surface area contributed by atoms with Crippen LogP contribution in [-0.4, -0.2) is 9.97 Å². The minimum absolute atomic E-state index is 0.494. The minimum Gasteiger partial charge on any atom is -0.339 e. The van der Waals surface area contributed by atoms with Crippen LogP contribution in [0.4, 0.5) is 4.39 Å². The first kappa shape index (κ1) is 7.06. The third kappa shape index (κ3) is 0.963. The van der Waals surface area contributed by atoms with E-state index in [4.69, 9.17) is 0 Å². The molecule has 0 spiro atoms. The number of alkyl halides is 1. The fourth-order valence-electron chi connectivity index (χ4n) is 1.51. The lowest BCUT2D eigenvalue weighted by atomic mass is 10.3. The summed E-state index contributed by atoms with van der Waals surface area (Å²) in [6.45, 7) is 0. The molecular weight excluding hydrogens is 167 g/mol. The SMILES string of the molecule is FC1(c2nc3ccccc3[nH]2)CC1. The van der Waals surface area contributed by atoms with Crippen molar-refractivity contribution in [3.8, 4) is 0 Å². The van der Waals surface area contributed by atoms with Crippen LogP contribution >= 0.6 is 0 Å². The number of nitrogens with one attached hydrogen (secondary N) is 1. The predicted octanol–water partition coefficient (Wildman–Crippen LogP) is 2.52. The number of aromatic nitrogens is 2. The number of fused-ring (bicyclic) bond motifs is 1. The zero-order valence-electron chi connectivity index (χ0n) is 7.05. The number of halogens is 1. The number of H-pyrrole nitrogens is 1. The van der Waals surface area contributed by atoms with E-state index in [9.17, 15) is 4.39 Å². The van der Waals surface area contributed by atoms with E-state index >= 15 is 0 Å². The Morgan fingerprint density at radius 1 is 1.31 bits per heavy atom. The predicted molar refractivity (Wildman–Crippen MR) is 48.1 cm³/mol. The van der Waals surface area contributed by atoms with Crippen LogP contribution in [-0.2, 0) is 5.67 Å². The summed E-state index contributed by atoms with van der Waals surface area (Å²) in [4.78, 5) is 7.23. The van der Waals surface area contributed by atoms with Crippen molar-refractivity contribution in [2.24, 2.45) is 0 Å². The van der Waals surface area contributed by atoms with Crippen molar-refractivity contribution < 1.29 is 4.39 Å². The van der Waals surface area contributed by atoms with Crippen molar-refractivity contribution in [1.82, 2.24) is 9.97 Å². The molecule has 3 rings (SSSR count). The van der Waals surface area contributed by atoms with Gasteiger partial charge < -0.3 is 4.98 Å². The Labute approximate surface area is 74.8 Å². The Morgan fingerprint density at radius 2 is 2.08 bits per heavy atom. The summed E-state index contributed by atoms with van der Waals surface area (Å²) >= 11 is 0. The molecule has 0 aliphatic heterocycles. The van der Waals surface area contributed by atoms with Crippen LogP contribution in [0.1, 0.15) is 18.7 Å². The van der Waals surface area contributed by atoms with E-state index in [0.29, 0.717) is 18.7 Å². The molecule has 0 saturated heterocycles. The van der Waals surface area contributed by atoms with Crippen molar-refractivity contribution in [2.45, 2.75) is 18.5 Å². The van der Waals surface area contributed by atoms with Gasteiger partial charge in [-0.2, -0.15) is 0 Å². The highest BCUT2D eigenvalue weighted by Gasteiger charge is 2.47. The second-order valence-corrected chi connectivity index (χ2v) is 3.57. The maximum atomic E-state index is 13.6. The van der Waals surface area contributed by atoms with Gasteiger partial charge in [0.2, 0.25) is 0 Å². The van der Waals surface area contributed by atoms with E-state index in [2.05, 4.69) is 9.97 Å². The van der Waals surface area contributed by atoms with Gasteiger partial charge in [0.05, 0.1) is 11.0 Å². The molecule has 3 heteroatoms. The normalized spacial score (nSPS) is 19.2. The summed E-state index contributed by atoms with van der Waals surface area (Å²) in [5, 5.41) is 0. The Kier molecular flexibility index (Phi) is 1.14. The number of nitrogens with zero attached hydrogens (tertiary/aromatic N) is 1. The lowest BCUT2D eigenvalue weighted by molar-refractivity contribution is 0.303. The summed E-state index contributed by atoms with van der Waals surface area (Å²) < 4.78 is 13.6. The molecule has 1 aliphatic rings. The summed E-state index contributed by atoms with van der Waals surface area (Å²) in [7, 11) is 0. The van der Waals surface area contributed by atoms with E-state index in [1.165, 1.54) is 0 Å². The van der Waals surface area contributed by atoms with E-state index in [0.717, 1.165) is 11.0 Å². The standard InChI is InChI=1S/C10H9FN2/c11-10(5-6-10)9-12-7-3-1-2-4-8(7)13-9/h1-4H,5-6H2,(H,12,13). The van der Waals surface area contributed by atoms with Gasteiger partial charge in [-0.05, 0) is 25.0 Å². The quantitative estimate of drug-likeness (QED) is 0.710. The molecule has 66 valence electrons. The van der Waals surface area contributed by atoms with Crippen LogP contribution in [0.25, 0.3) is 11.0 Å². The van der Waals surface area contributed by atoms with Gasteiger partial charge in [0.1, 0.15) is 5.82 Å². The van der Waals surface area contributed by atoms with Crippen LogP contribution < -0.4 is 0 Å². The Morgan fingerprint density at radius 3 is 2.77 bits per heavy atom. The molecule has 1 fully saturated rings. The third-order valence-corrected chi connectivity index (χ3v) is 2.50. The molecule has 0 radical (unpaired) electrons.